The zero-order chi connectivity index (χ0) is 7.98. The molecule has 0 atom stereocenters. The summed E-state index contributed by atoms with van der Waals surface area (Å²) in [4.78, 5) is 12.5. The third-order valence-corrected chi connectivity index (χ3v) is 0.931. The number of nitrogens with one attached hydrogen (secondary N) is 1. The van der Waals surface area contributed by atoms with Crippen molar-refractivity contribution >= 4 is 5.91 Å². The number of aliphatic hydroxyl groups excluding tert-OH is 1. The topological polar surface area (TPSA) is 52.6 Å². The van der Waals surface area contributed by atoms with Gasteiger partial charge < -0.3 is 10.4 Å². The van der Waals surface area contributed by atoms with E-state index < -0.39 is 0 Å². The fourth-order valence-corrected chi connectivity index (χ4v) is 0.436. The lowest BCUT2D eigenvalue weighted by molar-refractivity contribution is -0.122. The molecule has 0 aromatic heterocycles. The van der Waals surface area contributed by atoms with Crippen LogP contribution in [0.2, 0.25) is 0 Å². The SMILES string of the molecule is CN(C)CNC(=O)CCO. The van der Waals surface area contributed by atoms with Crippen LogP contribution in [0.25, 0.3) is 0 Å². The van der Waals surface area contributed by atoms with E-state index in [1.54, 1.807) is 0 Å². The molecule has 0 aromatic carbocycles. The van der Waals surface area contributed by atoms with E-state index in [2.05, 4.69) is 5.32 Å². The fraction of sp³-hybridized carbons (Fsp3) is 0.833. The summed E-state index contributed by atoms with van der Waals surface area (Å²) in [6.07, 6.45) is 0.188. The summed E-state index contributed by atoms with van der Waals surface area (Å²) >= 11 is 0. The predicted molar refractivity (Wildman–Crippen MR) is 38.4 cm³/mol. The van der Waals surface area contributed by atoms with Crippen molar-refractivity contribution in [1.82, 2.24) is 10.2 Å². The molecule has 0 rings (SSSR count). The summed E-state index contributed by atoms with van der Waals surface area (Å²) in [6, 6.07) is 0. The number of aliphatic hydroxyl groups is 1. The minimum Gasteiger partial charge on any atom is -0.396 e. The molecule has 0 aliphatic rings. The molecule has 0 aromatic rings. The highest BCUT2D eigenvalue weighted by Gasteiger charge is 1.97. The minimum absolute atomic E-state index is 0.0841. The van der Waals surface area contributed by atoms with Crippen LogP contribution in [0.15, 0.2) is 0 Å². The quantitative estimate of drug-likeness (QED) is 0.500. The van der Waals surface area contributed by atoms with Crippen molar-refractivity contribution in [2.24, 2.45) is 0 Å². The lowest BCUT2D eigenvalue weighted by Gasteiger charge is -2.09. The van der Waals surface area contributed by atoms with Crippen LogP contribution in [-0.2, 0) is 4.79 Å². The Bertz CT molecular complexity index is 104. The van der Waals surface area contributed by atoms with Crippen molar-refractivity contribution < 1.29 is 9.90 Å². The van der Waals surface area contributed by atoms with Gasteiger partial charge in [-0.3, -0.25) is 9.69 Å². The molecule has 0 saturated heterocycles. The van der Waals surface area contributed by atoms with Crippen LogP contribution in [0.1, 0.15) is 6.42 Å². The lowest BCUT2D eigenvalue weighted by Crippen LogP contribution is -2.33. The highest BCUT2D eigenvalue weighted by molar-refractivity contribution is 5.75. The van der Waals surface area contributed by atoms with Gasteiger partial charge in [0.1, 0.15) is 0 Å². The first-order valence-electron chi connectivity index (χ1n) is 3.19. The van der Waals surface area contributed by atoms with E-state index in [0.717, 1.165) is 0 Å². The molecule has 0 fully saturated rings. The third-order valence-electron chi connectivity index (χ3n) is 0.931. The summed E-state index contributed by atoms with van der Waals surface area (Å²) in [6.45, 7) is 0.443. The highest BCUT2D eigenvalue weighted by Crippen LogP contribution is 1.76. The molecule has 1 amide bonds. The molecule has 0 saturated carbocycles. The molecule has 2 N–H and O–H groups in total. The van der Waals surface area contributed by atoms with Crippen molar-refractivity contribution in [1.29, 1.82) is 0 Å². The van der Waals surface area contributed by atoms with E-state index in [1.165, 1.54) is 0 Å². The third kappa shape index (κ3) is 5.53. The monoisotopic (exact) mass is 146 g/mol. The number of hydrogen-bond acceptors (Lipinski definition) is 3. The first kappa shape index (κ1) is 9.39. The van der Waals surface area contributed by atoms with Crippen molar-refractivity contribution in [3.8, 4) is 0 Å². The molecular weight excluding hydrogens is 132 g/mol. The van der Waals surface area contributed by atoms with Gasteiger partial charge in [-0.2, -0.15) is 0 Å². The van der Waals surface area contributed by atoms with Gasteiger partial charge in [-0.05, 0) is 14.1 Å². The Morgan fingerprint density at radius 3 is 2.60 bits per heavy atom. The van der Waals surface area contributed by atoms with Gasteiger partial charge in [0.2, 0.25) is 5.91 Å². The van der Waals surface area contributed by atoms with E-state index in [9.17, 15) is 4.79 Å². The van der Waals surface area contributed by atoms with Gasteiger partial charge in [-0.25, -0.2) is 0 Å². The Labute approximate surface area is 60.8 Å². The fourth-order valence-electron chi connectivity index (χ4n) is 0.436. The second-order valence-electron chi connectivity index (χ2n) is 2.31. The number of hydrogen-bond donors (Lipinski definition) is 2. The first-order valence-corrected chi connectivity index (χ1v) is 3.19. The molecule has 60 valence electrons. The minimum atomic E-state index is -0.115. The van der Waals surface area contributed by atoms with Crippen molar-refractivity contribution in [3.05, 3.63) is 0 Å². The Hall–Kier alpha value is -0.610. The molecule has 0 bridgehead atoms. The molecule has 10 heavy (non-hydrogen) atoms. The van der Waals surface area contributed by atoms with Crippen LogP contribution in [0, 0.1) is 0 Å². The molecule has 0 unspecified atom stereocenters. The smallest absolute Gasteiger partial charge is 0.223 e. The Kier molecular flexibility index (Phi) is 4.88. The summed E-state index contributed by atoms with van der Waals surface area (Å²) in [5.74, 6) is -0.115. The van der Waals surface area contributed by atoms with Crippen molar-refractivity contribution in [2.75, 3.05) is 27.4 Å². The second kappa shape index (κ2) is 5.20. The molecular formula is C6H14N2O2. The molecule has 0 aliphatic heterocycles. The zero-order valence-electron chi connectivity index (χ0n) is 6.42. The van der Waals surface area contributed by atoms with Gasteiger partial charge in [-0.1, -0.05) is 0 Å². The van der Waals surface area contributed by atoms with Gasteiger partial charge in [-0.15, -0.1) is 0 Å². The molecule has 0 spiro atoms. The molecule has 0 heterocycles. The number of carbonyl (C=O) groups is 1. The average Bonchev–Trinajstić information content (AvgIpc) is 1.85. The number of amides is 1. The lowest BCUT2D eigenvalue weighted by atomic mass is 10.4. The van der Waals surface area contributed by atoms with Gasteiger partial charge in [0.05, 0.1) is 13.3 Å². The van der Waals surface area contributed by atoms with Crippen LogP contribution in [-0.4, -0.2) is 43.3 Å². The van der Waals surface area contributed by atoms with E-state index >= 15 is 0 Å². The van der Waals surface area contributed by atoms with Gasteiger partial charge >= 0.3 is 0 Å². The predicted octanol–water partition coefficient (Wildman–Crippen LogP) is -0.996. The van der Waals surface area contributed by atoms with Gasteiger partial charge in [0.25, 0.3) is 0 Å². The van der Waals surface area contributed by atoms with Gasteiger partial charge in [0, 0.05) is 6.42 Å². The van der Waals surface area contributed by atoms with Gasteiger partial charge in [0.15, 0.2) is 0 Å². The zero-order valence-corrected chi connectivity index (χ0v) is 6.42. The van der Waals surface area contributed by atoms with Crippen LogP contribution in [0.5, 0.6) is 0 Å². The van der Waals surface area contributed by atoms with Crippen LogP contribution in [0.3, 0.4) is 0 Å². The van der Waals surface area contributed by atoms with Crippen LogP contribution in [0.4, 0.5) is 0 Å². The van der Waals surface area contributed by atoms with E-state index in [1.807, 2.05) is 19.0 Å². The highest BCUT2D eigenvalue weighted by atomic mass is 16.3. The van der Waals surface area contributed by atoms with Crippen molar-refractivity contribution in [3.63, 3.8) is 0 Å². The molecule has 0 radical (unpaired) electrons. The maximum atomic E-state index is 10.6. The van der Waals surface area contributed by atoms with E-state index in [-0.39, 0.29) is 18.9 Å². The number of rotatable bonds is 4. The largest absolute Gasteiger partial charge is 0.396 e. The maximum Gasteiger partial charge on any atom is 0.223 e. The number of nitrogens with zero attached hydrogens (tertiary/aromatic N) is 1. The molecule has 0 aliphatic carbocycles. The Morgan fingerprint density at radius 1 is 1.60 bits per heavy atom. The average molecular weight is 146 g/mol. The summed E-state index contributed by atoms with van der Waals surface area (Å²) < 4.78 is 0. The first-order chi connectivity index (χ1) is 4.66. The van der Waals surface area contributed by atoms with Crippen LogP contribution < -0.4 is 5.32 Å². The number of carbonyl (C=O) groups excluding carboxylic acids is 1. The van der Waals surface area contributed by atoms with E-state index in [0.29, 0.717) is 6.67 Å². The Balaban J connectivity index is 3.22. The second-order valence-corrected chi connectivity index (χ2v) is 2.31. The maximum absolute atomic E-state index is 10.6. The normalized spacial score (nSPS) is 10.0. The summed E-state index contributed by atoms with van der Waals surface area (Å²) in [5.41, 5.74) is 0. The standard InChI is InChI=1S/C6H14N2O2/c1-8(2)5-7-6(10)3-4-9/h9H,3-5H2,1-2H3,(H,7,10). The molecule has 4 nitrogen and oxygen atoms in total. The Morgan fingerprint density at radius 2 is 2.20 bits per heavy atom. The summed E-state index contributed by atoms with van der Waals surface area (Å²) in [7, 11) is 3.72. The van der Waals surface area contributed by atoms with Crippen molar-refractivity contribution in [2.45, 2.75) is 6.42 Å². The molecule has 4 heteroatoms. The van der Waals surface area contributed by atoms with Crippen LogP contribution >= 0.6 is 0 Å². The summed E-state index contributed by atoms with van der Waals surface area (Å²) in [5, 5.41) is 10.9. The van der Waals surface area contributed by atoms with E-state index in [4.69, 9.17) is 5.11 Å².